The largest absolute Gasteiger partial charge is 0.466 e. The second-order valence-electron chi connectivity index (χ2n) is 4.15. The molecular formula is C11H18O4. The van der Waals surface area contributed by atoms with Crippen LogP contribution in [-0.2, 0) is 9.53 Å². The van der Waals surface area contributed by atoms with Crippen LogP contribution in [0.25, 0.3) is 0 Å². The van der Waals surface area contributed by atoms with Crippen LogP contribution in [0.1, 0.15) is 32.6 Å². The van der Waals surface area contributed by atoms with E-state index in [-0.39, 0.29) is 6.10 Å². The average Bonchev–Trinajstić information content (AvgIpc) is 2.21. The summed E-state index contributed by atoms with van der Waals surface area (Å²) in [5, 5.41) is 19.4. The van der Waals surface area contributed by atoms with E-state index in [0.717, 1.165) is 0 Å². The van der Waals surface area contributed by atoms with Crippen molar-refractivity contribution >= 4 is 5.97 Å². The standard InChI is InChI=1S/C11H18O4/c1-8(10(13)15-2)7-11(14)5-3-9(12)4-6-11/h7,9,12,14H,3-6H2,1-2H3. The Morgan fingerprint density at radius 3 is 2.47 bits per heavy atom. The van der Waals surface area contributed by atoms with Crippen LogP contribution < -0.4 is 0 Å². The molecule has 2 N–H and O–H groups in total. The topological polar surface area (TPSA) is 66.8 Å². The summed E-state index contributed by atoms with van der Waals surface area (Å²) >= 11 is 0. The highest BCUT2D eigenvalue weighted by Gasteiger charge is 2.31. The van der Waals surface area contributed by atoms with E-state index >= 15 is 0 Å². The van der Waals surface area contributed by atoms with Gasteiger partial charge < -0.3 is 14.9 Å². The van der Waals surface area contributed by atoms with Crippen LogP contribution in [0, 0.1) is 0 Å². The Morgan fingerprint density at radius 1 is 1.47 bits per heavy atom. The van der Waals surface area contributed by atoms with Gasteiger partial charge in [0.15, 0.2) is 0 Å². The average molecular weight is 214 g/mol. The SMILES string of the molecule is COC(=O)C(C)=CC1(O)CCC(O)CC1. The summed E-state index contributed by atoms with van der Waals surface area (Å²) in [7, 11) is 1.31. The number of aliphatic hydroxyl groups excluding tert-OH is 1. The van der Waals surface area contributed by atoms with E-state index in [2.05, 4.69) is 4.74 Å². The maximum Gasteiger partial charge on any atom is 0.333 e. The van der Waals surface area contributed by atoms with Gasteiger partial charge in [-0.25, -0.2) is 4.79 Å². The maximum absolute atomic E-state index is 11.1. The third-order valence-electron chi connectivity index (χ3n) is 2.81. The lowest BCUT2D eigenvalue weighted by molar-refractivity contribution is -0.136. The van der Waals surface area contributed by atoms with Gasteiger partial charge in [-0.15, -0.1) is 0 Å². The predicted molar refractivity (Wildman–Crippen MR) is 55.2 cm³/mol. The first-order chi connectivity index (χ1) is 6.97. The number of ether oxygens (including phenoxy) is 1. The minimum Gasteiger partial charge on any atom is -0.466 e. The molecule has 0 spiro atoms. The number of carbonyl (C=O) groups excluding carboxylic acids is 1. The van der Waals surface area contributed by atoms with E-state index in [0.29, 0.717) is 31.3 Å². The molecule has 86 valence electrons. The minimum atomic E-state index is -0.961. The Kier molecular flexibility index (Phi) is 3.88. The van der Waals surface area contributed by atoms with Crippen molar-refractivity contribution in [3.05, 3.63) is 11.6 Å². The third-order valence-corrected chi connectivity index (χ3v) is 2.81. The first-order valence-corrected chi connectivity index (χ1v) is 5.15. The highest BCUT2D eigenvalue weighted by molar-refractivity contribution is 5.87. The molecule has 0 aromatic heterocycles. The molecule has 0 radical (unpaired) electrons. The molecule has 0 atom stereocenters. The molecule has 4 heteroatoms. The fourth-order valence-corrected chi connectivity index (χ4v) is 1.87. The third kappa shape index (κ3) is 3.32. The lowest BCUT2D eigenvalue weighted by atomic mass is 9.82. The molecule has 15 heavy (non-hydrogen) atoms. The Morgan fingerprint density at radius 2 is 2.00 bits per heavy atom. The number of carbonyl (C=O) groups is 1. The van der Waals surface area contributed by atoms with Gasteiger partial charge in [-0.3, -0.25) is 0 Å². The van der Waals surface area contributed by atoms with E-state index in [4.69, 9.17) is 0 Å². The van der Waals surface area contributed by atoms with Gasteiger partial charge in [-0.05, 0) is 38.7 Å². The van der Waals surface area contributed by atoms with Gasteiger partial charge >= 0.3 is 5.97 Å². The van der Waals surface area contributed by atoms with E-state index < -0.39 is 11.6 Å². The zero-order chi connectivity index (χ0) is 11.5. The van der Waals surface area contributed by atoms with Crippen LogP contribution in [-0.4, -0.2) is 35.0 Å². The molecule has 0 unspecified atom stereocenters. The molecule has 1 aliphatic carbocycles. The maximum atomic E-state index is 11.1. The van der Waals surface area contributed by atoms with E-state index in [1.807, 2.05) is 0 Å². The van der Waals surface area contributed by atoms with Crippen molar-refractivity contribution in [2.24, 2.45) is 0 Å². The molecule has 0 heterocycles. The molecule has 0 amide bonds. The molecule has 0 saturated heterocycles. The molecule has 1 rings (SSSR count). The van der Waals surface area contributed by atoms with Crippen molar-refractivity contribution in [1.29, 1.82) is 0 Å². The smallest absolute Gasteiger partial charge is 0.333 e. The summed E-state index contributed by atoms with van der Waals surface area (Å²) in [6.45, 7) is 1.62. The highest BCUT2D eigenvalue weighted by Crippen LogP contribution is 2.30. The Balaban J connectivity index is 2.67. The van der Waals surface area contributed by atoms with Crippen LogP contribution in [0.3, 0.4) is 0 Å². The number of hydrogen-bond acceptors (Lipinski definition) is 4. The van der Waals surface area contributed by atoms with Crippen LogP contribution in [0.15, 0.2) is 11.6 Å². The normalized spacial score (nSPS) is 32.5. The second kappa shape index (κ2) is 4.77. The summed E-state index contributed by atoms with van der Waals surface area (Å²) in [6.07, 6.45) is 3.34. The van der Waals surface area contributed by atoms with Crippen molar-refractivity contribution < 1.29 is 19.7 Å². The van der Waals surface area contributed by atoms with Gasteiger partial charge in [0.05, 0.1) is 18.8 Å². The first-order valence-electron chi connectivity index (χ1n) is 5.15. The summed E-state index contributed by atoms with van der Waals surface area (Å²) < 4.78 is 4.55. The number of esters is 1. The van der Waals surface area contributed by atoms with Gasteiger partial charge in [0.1, 0.15) is 0 Å². The zero-order valence-electron chi connectivity index (χ0n) is 9.19. The highest BCUT2D eigenvalue weighted by atomic mass is 16.5. The molecule has 1 aliphatic rings. The quantitative estimate of drug-likeness (QED) is 0.526. The van der Waals surface area contributed by atoms with Crippen LogP contribution in [0.4, 0.5) is 0 Å². The molecule has 4 nitrogen and oxygen atoms in total. The lowest BCUT2D eigenvalue weighted by Gasteiger charge is -2.32. The van der Waals surface area contributed by atoms with Crippen molar-refractivity contribution in [1.82, 2.24) is 0 Å². The summed E-state index contributed by atoms with van der Waals surface area (Å²) in [6, 6.07) is 0. The van der Waals surface area contributed by atoms with E-state index in [1.165, 1.54) is 7.11 Å². The monoisotopic (exact) mass is 214 g/mol. The minimum absolute atomic E-state index is 0.322. The Labute approximate surface area is 89.6 Å². The fraction of sp³-hybridized carbons (Fsp3) is 0.727. The lowest BCUT2D eigenvalue weighted by Crippen LogP contribution is -2.34. The summed E-state index contributed by atoms with van der Waals surface area (Å²) in [5.74, 6) is -0.422. The van der Waals surface area contributed by atoms with Gasteiger partial charge in [0, 0.05) is 5.57 Å². The number of aliphatic hydroxyl groups is 2. The fourth-order valence-electron chi connectivity index (χ4n) is 1.87. The van der Waals surface area contributed by atoms with Crippen molar-refractivity contribution in [2.45, 2.75) is 44.3 Å². The molecule has 0 aliphatic heterocycles. The van der Waals surface area contributed by atoms with Crippen LogP contribution in [0.2, 0.25) is 0 Å². The molecular weight excluding hydrogens is 196 g/mol. The number of methoxy groups -OCH3 is 1. The summed E-state index contributed by atoms with van der Waals surface area (Å²) in [4.78, 5) is 11.1. The number of rotatable bonds is 2. The predicted octanol–water partition coefficient (Wildman–Crippen LogP) is 0.772. The van der Waals surface area contributed by atoms with Gasteiger partial charge in [0.25, 0.3) is 0 Å². The first kappa shape index (κ1) is 12.2. The van der Waals surface area contributed by atoms with Crippen LogP contribution >= 0.6 is 0 Å². The molecule has 1 saturated carbocycles. The van der Waals surface area contributed by atoms with Crippen LogP contribution in [0.5, 0.6) is 0 Å². The van der Waals surface area contributed by atoms with E-state index in [1.54, 1.807) is 13.0 Å². The molecule has 1 fully saturated rings. The second-order valence-corrected chi connectivity index (χ2v) is 4.15. The Bertz CT molecular complexity index is 262. The van der Waals surface area contributed by atoms with E-state index in [9.17, 15) is 15.0 Å². The molecule has 0 aromatic carbocycles. The summed E-state index contributed by atoms with van der Waals surface area (Å²) in [5.41, 5.74) is -0.547. The number of hydrogen-bond donors (Lipinski definition) is 2. The Hall–Kier alpha value is -0.870. The van der Waals surface area contributed by atoms with Gasteiger partial charge in [0.2, 0.25) is 0 Å². The van der Waals surface area contributed by atoms with Gasteiger partial charge in [-0.1, -0.05) is 0 Å². The van der Waals surface area contributed by atoms with Crippen molar-refractivity contribution in [2.75, 3.05) is 7.11 Å². The zero-order valence-corrected chi connectivity index (χ0v) is 9.19. The van der Waals surface area contributed by atoms with Gasteiger partial charge in [-0.2, -0.15) is 0 Å². The van der Waals surface area contributed by atoms with Crippen molar-refractivity contribution in [3.8, 4) is 0 Å². The molecule has 0 aromatic rings. The van der Waals surface area contributed by atoms with Crippen molar-refractivity contribution in [3.63, 3.8) is 0 Å². The molecule has 0 bridgehead atoms.